The Balaban J connectivity index is 1.51. The van der Waals surface area contributed by atoms with Gasteiger partial charge >= 0.3 is 0 Å². The van der Waals surface area contributed by atoms with Gasteiger partial charge in [-0.05, 0) is 36.8 Å². The number of benzene rings is 2. The van der Waals surface area contributed by atoms with Gasteiger partial charge in [-0.25, -0.2) is 4.39 Å². The minimum atomic E-state index is -0.222. The number of ether oxygens (including phenoxy) is 1. The Morgan fingerprint density at radius 1 is 1.08 bits per heavy atom. The zero-order chi connectivity index (χ0) is 16.9. The number of rotatable bonds is 4. The van der Waals surface area contributed by atoms with Gasteiger partial charge in [-0.1, -0.05) is 24.3 Å². The topological polar surface area (TPSA) is 32.8 Å². The van der Waals surface area contributed by atoms with Crippen LogP contribution in [0, 0.1) is 12.7 Å². The summed E-state index contributed by atoms with van der Waals surface area (Å²) in [6.45, 7) is 4.41. The fourth-order valence-electron chi connectivity index (χ4n) is 2.85. The Hall–Kier alpha value is -2.56. The van der Waals surface area contributed by atoms with Gasteiger partial charge in [-0.2, -0.15) is 0 Å². The molecule has 1 fully saturated rings. The summed E-state index contributed by atoms with van der Waals surface area (Å²) in [5, 5.41) is 0. The molecule has 24 heavy (non-hydrogen) atoms. The summed E-state index contributed by atoms with van der Waals surface area (Å²) >= 11 is 0. The SMILES string of the molecule is Cc1cccc(OCC(=O)N2CCN(c3ccccc3F)CC2)c1. The van der Waals surface area contributed by atoms with E-state index in [0.717, 1.165) is 5.56 Å². The van der Waals surface area contributed by atoms with Crippen LogP contribution in [0.2, 0.25) is 0 Å². The molecule has 1 aliphatic heterocycles. The molecule has 0 N–H and O–H groups in total. The van der Waals surface area contributed by atoms with E-state index in [0.29, 0.717) is 37.6 Å². The van der Waals surface area contributed by atoms with Crippen molar-refractivity contribution in [2.45, 2.75) is 6.92 Å². The van der Waals surface area contributed by atoms with Gasteiger partial charge in [0.15, 0.2) is 6.61 Å². The van der Waals surface area contributed by atoms with Crippen molar-refractivity contribution in [1.82, 2.24) is 4.90 Å². The summed E-state index contributed by atoms with van der Waals surface area (Å²) in [5.74, 6) is 0.443. The molecule has 0 bridgehead atoms. The van der Waals surface area contributed by atoms with Crippen LogP contribution >= 0.6 is 0 Å². The minimum absolute atomic E-state index is 0.0309. The van der Waals surface area contributed by atoms with Crippen molar-refractivity contribution in [3.63, 3.8) is 0 Å². The lowest BCUT2D eigenvalue weighted by Gasteiger charge is -2.36. The van der Waals surface area contributed by atoms with Gasteiger partial charge in [0.25, 0.3) is 5.91 Å². The predicted octanol–water partition coefficient (Wildman–Crippen LogP) is 2.86. The molecule has 126 valence electrons. The molecule has 0 unspecified atom stereocenters. The fraction of sp³-hybridized carbons (Fsp3) is 0.316. The molecule has 0 aromatic heterocycles. The van der Waals surface area contributed by atoms with Crippen LogP contribution in [-0.4, -0.2) is 43.6 Å². The molecule has 0 atom stereocenters. The van der Waals surface area contributed by atoms with Gasteiger partial charge in [0, 0.05) is 26.2 Å². The van der Waals surface area contributed by atoms with Crippen LogP contribution in [0.4, 0.5) is 10.1 Å². The number of halogens is 1. The van der Waals surface area contributed by atoms with Gasteiger partial charge in [0.1, 0.15) is 11.6 Å². The van der Waals surface area contributed by atoms with E-state index in [1.54, 1.807) is 17.0 Å². The van der Waals surface area contributed by atoms with Crippen molar-refractivity contribution in [2.75, 3.05) is 37.7 Å². The molecular weight excluding hydrogens is 307 g/mol. The summed E-state index contributed by atoms with van der Waals surface area (Å²) in [7, 11) is 0. The Morgan fingerprint density at radius 2 is 1.83 bits per heavy atom. The molecule has 1 amide bonds. The second-order valence-corrected chi connectivity index (χ2v) is 5.92. The molecule has 1 heterocycles. The average Bonchev–Trinajstić information content (AvgIpc) is 2.60. The number of carbonyl (C=O) groups excluding carboxylic acids is 1. The zero-order valence-electron chi connectivity index (χ0n) is 13.7. The largest absolute Gasteiger partial charge is 0.484 e. The first-order chi connectivity index (χ1) is 11.6. The maximum absolute atomic E-state index is 13.8. The van der Waals surface area contributed by atoms with Crippen molar-refractivity contribution in [3.8, 4) is 5.75 Å². The fourth-order valence-corrected chi connectivity index (χ4v) is 2.85. The van der Waals surface area contributed by atoms with Crippen molar-refractivity contribution >= 4 is 11.6 Å². The number of carbonyl (C=O) groups is 1. The van der Waals surface area contributed by atoms with E-state index in [4.69, 9.17) is 4.74 Å². The summed E-state index contributed by atoms with van der Waals surface area (Å²) in [6, 6.07) is 14.4. The first-order valence-electron chi connectivity index (χ1n) is 8.10. The summed E-state index contributed by atoms with van der Waals surface area (Å²) in [5.41, 5.74) is 1.69. The second kappa shape index (κ2) is 7.34. The van der Waals surface area contributed by atoms with Gasteiger partial charge in [-0.3, -0.25) is 4.79 Å². The van der Waals surface area contributed by atoms with Crippen LogP contribution in [0.15, 0.2) is 48.5 Å². The van der Waals surface area contributed by atoms with E-state index < -0.39 is 0 Å². The van der Waals surface area contributed by atoms with Crippen LogP contribution in [0.25, 0.3) is 0 Å². The standard InChI is InChI=1S/C19H21FN2O2/c1-15-5-4-6-16(13-15)24-14-19(23)22-11-9-21(10-12-22)18-8-3-2-7-17(18)20/h2-8,13H,9-12,14H2,1H3. The first kappa shape index (κ1) is 16.3. The van der Waals surface area contributed by atoms with E-state index in [1.165, 1.54) is 6.07 Å². The molecule has 4 nitrogen and oxygen atoms in total. The number of hydrogen-bond donors (Lipinski definition) is 0. The normalized spacial score (nSPS) is 14.6. The van der Waals surface area contributed by atoms with Gasteiger partial charge in [0.2, 0.25) is 0 Å². The molecule has 0 radical (unpaired) electrons. The third-order valence-corrected chi connectivity index (χ3v) is 4.18. The highest BCUT2D eigenvalue weighted by Crippen LogP contribution is 2.20. The number of hydrogen-bond acceptors (Lipinski definition) is 3. The van der Waals surface area contributed by atoms with Crippen LogP contribution in [0.1, 0.15) is 5.56 Å². The molecular formula is C19H21FN2O2. The van der Waals surface area contributed by atoms with E-state index in [-0.39, 0.29) is 18.3 Å². The van der Waals surface area contributed by atoms with Crippen LogP contribution in [0.3, 0.4) is 0 Å². The molecule has 1 saturated heterocycles. The lowest BCUT2D eigenvalue weighted by molar-refractivity contribution is -0.133. The van der Waals surface area contributed by atoms with E-state index in [2.05, 4.69) is 0 Å². The molecule has 0 saturated carbocycles. The van der Waals surface area contributed by atoms with Crippen molar-refractivity contribution in [1.29, 1.82) is 0 Å². The Kier molecular flexibility index (Phi) is 4.99. The molecule has 0 aliphatic carbocycles. The van der Waals surface area contributed by atoms with Crippen LogP contribution < -0.4 is 9.64 Å². The molecule has 2 aromatic carbocycles. The number of nitrogens with zero attached hydrogens (tertiary/aromatic N) is 2. The van der Waals surface area contributed by atoms with Gasteiger partial charge < -0.3 is 14.5 Å². The number of anilines is 1. The maximum Gasteiger partial charge on any atom is 0.260 e. The summed E-state index contributed by atoms with van der Waals surface area (Å²) in [6.07, 6.45) is 0. The lowest BCUT2D eigenvalue weighted by atomic mass is 10.2. The smallest absolute Gasteiger partial charge is 0.260 e. The van der Waals surface area contributed by atoms with Crippen molar-refractivity contribution < 1.29 is 13.9 Å². The quantitative estimate of drug-likeness (QED) is 0.865. The van der Waals surface area contributed by atoms with E-state index in [9.17, 15) is 9.18 Å². The van der Waals surface area contributed by atoms with Gasteiger partial charge in [0.05, 0.1) is 5.69 Å². The number of amides is 1. The molecule has 3 rings (SSSR count). The summed E-state index contributed by atoms with van der Waals surface area (Å²) in [4.78, 5) is 16.0. The predicted molar refractivity (Wildman–Crippen MR) is 91.9 cm³/mol. The van der Waals surface area contributed by atoms with Gasteiger partial charge in [-0.15, -0.1) is 0 Å². The molecule has 1 aliphatic rings. The Morgan fingerprint density at radius 3 is 2.54 bits per heavy atom. The third kappa shape index (κ3) is 3.85. The Bertz CT molecular complexity index is 712. The van der Waals surface area contributed by atoms with Crippen LogP contribution in [0.5, 0.6) is 5.75 Å². The molecule has 5 heteroatoms. The highest BCUT2D eigenvalue weighted by Gasteiger charge is 2.22. The molecule has 2 aromatic rings. The minimum Gasteiger partial charge on any atom is -0.484 e. The molecule has 0 spiro atoms. The Labute approximate surface area is 141 Å². The maximum atomic E-state index is 13.8. The highest BCUT2D eigenvalue weighted by molar-refractivity contribution is 5.78. The number of para-hydroxylation sites is 1. The first-order valence-corrected chi connectivity index (χ1v) is 8.10. The monoisotopic (exact) mass is 328 g/mol. The highest BCUT2D eigenvalue weighted by atomic mass is 19.1. The lowest BCUT2D eigenvalue weighted by Crippen LogP contribution is -2.50. The number of aryl methyl sites for hydroxylation is 1. The van der Waals surface area contributed by atoms with Crippen molar-refractivity contribution in [2.24, 2.45) is 0 Å². The second-order valence-electron chi connectivity index (χ2n) is 5.92. The summed E-state index contributed by atoms with van der Waals surface area (Å²) < 4.78 is 19.4. The van der Waals surface area contributed by atoms with Crippen molar-refractivity contribution in [3.05, 3.63) is 59.9 Å². The van der Waals surface area contributed by atoms with E-state index >= 15 is 0 Å². The average molecular weight is 328 g/mol. The third-order valence-electron chi connectivity index (χ3n) is 4.18. The van der Waals surface area contributed by atoms with E-state index in [1.807, 2.05) is 42.2 Å². The number of piperazine rings is 1. The zero-order valence-corrected chi connectivity index (χ0v) is 13.7. The van der Waals surface area contributed by atoms with Crippen LogP contribution in [-0.2, 0) is 4.79 Å².